The Labute approximate surface area is 108 Å². The highest BCUT2D eigenvalue weighted by molar-refractivity contribution is 5.87. The molecule has 2 fully saturated rings. The van der Waals surface area contributed by atoms with Crippen LogP contribution in [0.4, 0.5) is 0 Å². The van der Waals surface area contributed by atoms with E-state index in [9.17, 15) is 9.59 Å². The molecule has 0 radical (unpaired) electrons. The first kappa shape index (κ1) is 13.3. The maximum atomic E-state index is 12.1. The summed E-state index contributed by atoms with van der Waals surface area (Å²) in [5.41, 5.74) is 5.32. The average molecular weight is 253 g/mol. The Morgan fingerprint density at radius 3 is 2.61 bits per heavy atom. The molecule has 102 valence electrons. The summed E-state index contributed by atoms with van der Waals surface area (Å²) in [7, 11) is 0. The molecule has 0 aliphatic carbocycles. The number of carbonyl (C=O) groups is 2. The number of amides is 2. The topological polar surface area (TPSA) is 75.4 Å². The van der Waals surface area contributed by atoms with Gasteiger partial charge in [-0.05, 0) is 51.1 Å². The fourth-order valence-corrected chi connectivity index (χ4v) is 3.00. The van der Waals surface area contributed by atoms with Crippen molar-refractivity contribution in [3.63, 3.8) is 0 Å². The number of rotatable bonds is 4. The summed E-state index contributed by atoms with van der Waals surface area (Å²) in [5, 5.41) is 3.32. The molecule has 0 aromatic rings. The van der Waals surface area contributed by atoms with Crippen LogP contribution in [0.25, 0.3) is 0 Å². The van der Waals surface area contributed by atoms with Crippen LogP contribution < -0.4 is 11.1 Å². The van der Waals surface area contributed by atoms with E-state index in [0.29, 0.717) is 18.9 Å². The molecular formula is C13H23N3O2. The molecule has 0 aromatic heterocycles. The molecule has 0 spiro atoms. The fourth-order valence-electron chi connectivity index (χ4n) is 3.00. The zero-order valence-corrected chi connectivity index (χ0v) is 10.9. The highest BCUT2D eigenvalue weighted by atomic mass is 16.2. The summed E-state index contributed by atoms with van der Waals surface area (Å²) in [4.78, 5) is 25.0. The number of nitrogens with one attached hydrogen (secondary N) is 1. The first-order valence-corrected chi connectivity index (χ1v) is 6.98. The van der Waals surface area contributed by atoms with Gasteiger partial charge in [0.2, 0.25) is 11.8 Å². The van der Waals surface area contributed by atoms with E-state index in [2.05, 4.69) is 5.32 Å². The van der Waals surface area contributed by atoms with Crippen molar-refractivity contribution in [1.82, 2.24) is 10.2 Å². The SMILES string of the molecule is NC(=O)C1CCCN1C(=O)CCC1CCNCC1. The van der Waals surface area contributed by atoms with Crippen molar-refractivity contribution in [3.05, 3.63) is 0 Å². The monoisotopic (exact) mass is 253 g/mol. The van der Waals surface area contributed by atoms with E-state index >= 15 is 0 Å². The van der Waals surface area contributed by atoms with Crippen LogP contribution in [0.1, 0.15) is 38.5 Å². The standard InChI is InChI=1S/C13H23N3O2/c14-13(18)11-2-1-9-16(11)12(17)4-3-10-5-7-15-8-6-10/h10-11,15H,1-9H2,(H2,14,18). The van der Waals surface area contributed by atoms with Crippen LogP contribution in [-0.2, 0) is 9.59 Å². The van der Waals surface area contributed by atoms with Gasteiger partial charge in [0.05, 0.1) is 0 Å². The number of hydrogen-bond donors (Lipinski definition) is 2. The lowest BCUT2D eigenvalue weighted by Gasteiger charge is -2.25. The first-order chi connectivity index (χ1) is 8.68. The van der Waals surface area contributed by atoms with Gasteiger partial charge in [0.25, 0.3) is 0 Å². The molecule has 1 atom stereocenters. The van der Waals surface area contributed by atoms with Crippen LogP contribution in [-0.4, -0.2) is 42.4 Å². The molecule has 2 aliphatic heterocycles. The third-order valence-electron chi connectivity index (χ3n) is 4.13. The Bertz CT molecular complexity index is 313. The predicted molar refractivity (Wildman–Crippen MR) is 68.8 cm³/mol. The van der Waals surface area contributed by atoms with Gasteiger partial charge in [0.1, 0.15) is 6.04 Å². The Kier molecular flexibility index (Phi) is 4.58. The summed E-state index contributed by atoms with van der Waals surface area (Å²) in [6.45, 7) is 2.82. The molecule has 2 aliphatic rings. The number of carbonyl (C=O) groups excluding carboxylic acids is 2. The first-order valence-electron chi connectivity index (χ1n) is 6.98. The zero-order valence-electron chi connectivity index (χ0n) is 10.9. The Morgan fingerprint density at radius 2 is 1.94 bits per heavy atom. The smallest absolute Gasteiger partial charge is 0.240 e. The number of primary amides is 1. The van der Waals surface area contributed by atoms with Crippen molar-refractivity contribution in [2.24, 2.45) is 11.7 Å². The number of hydrogen-bond acceptors (Lipinski definition) is 3. The number of piperidine rings is 1. The molecule has 3 N–H and O–H groups in total. The lowest BCUT2D eigenvalue weighted by Crippen LogP contribution is -2.43. The zero-order chi connectivity index (χ0) is 13.0. The summed E-state index contributed by atoms with van der Waals surface area (Å²) in [5.74, 6) is 0.405. The Morgan fingerprint density at radius 1 is 1.22 bits per heavy atom. The largest absolute Gasteiger partial charge is 0.368 e. The summed E-state index contributed by atoms with van der Waals surface area (Å²) in [6, 6.07) is -0.356. The summed E-state index contributed by atoms with van der Waals surface area (Å²) < 4.78 is 0. The van der Waals surface area contributed by atoms with Crippen LogP contribution in [0.2, 0.25) is 0 Å². The molecule has 5 heteroatoms. The lowest BCUT2D eigenvalue weighted by atomic mass is 9.93. The van der Waals surface area contributed by atoms with Crippen molar-refractivity contribution in [1.29, 1.82) is 0 Å². The second-order valence-electron chi connectivity index (χ2n) is 5.38. The van der Waals surface area contributed by atoms with Gasteiger partial charge < -0.3 is 16.0 Å². The molecule has 5 nitrogen and oxygen atoms in total. The van der Waals surface area contributed by atoms with Crippen molar-refractivity contribution in [2.45, 2.75) is 44.6 Å². The number of nitrogens with two attached hydrogens (primary N) is 1. The molecule has 18 heavy (non-hydrogen) atoms. The maximum Gasteiger partial charge on any atom is 0.240 e. The quantitative estimate of drug-likeness (QED) is 0.753. The predicted octanol–water partition coefficient (Wildman–Crippen LogP) is 0.242. The molecule has 0 aromatic carbocycles. The molecule has 2 heterocycles. The average Bonchev–Trinajstić information content (AvgIpc) is 2.86. The molecule has 0 bridgehead atoms. The van der Waals surface area contributed by atoms with E-state index in [1.165, 1.54) is 0 Å². The second kappa shape index (κ2) is 6.18. The van der Waals surface area contributed by atoms with E-state index in [1.807, 2.05) is 0 Å². The van der Waals surface area contributed by atoms with Gasteiger partial charge in [-0.2, -0.15) is 0 Å². The fraction of sp³-hybridized carbons (Fsp3) is 0.846. The van der Waals surface area contributed by atoms with E-state index in [4.69, 9.17) is 5.73 Å². The van der Waals surface area contributed by atoms with Gasteiger partial charge in [-0.25, -0.2) is 0 Å². The van der Waals surface area contributed by atoms with Gasteiger partial charge in [-0.3, -0.25) is 9.59 Å². The van der Waals surface area contributed by atoms with E-state index in [-0.39, 0.29) is 17.9 Å². The van der Waals surface area contributed by atoms with Crippen molar-refractivity contribution in [3.8, 4) is 0 Å². The van der Waals surface area contributed by atoms with Gasteiger partial charge >= 0.3 is 0 Å². The molecular weight excluding hydrogens is 230 g/mol. The number of nitrogens with zero attached hydrogens (tertiary/aromatic N) is 1. The summed E-state index contributed by atoms with van der Waals surface area (Å²) >= 11 is 0. The van der Waals surface area contributed by atoms with Gasteiger partial charge in [-0.1, -0.05) is 0 Å². The number of likely N-dealkylation sites (tertiary alicyclic amines) is 1. The van der Waals surface area contributed by atoms with Crippen molar-refractivity contribution in [2.75, 3.05) is 19.6 Å². The van der Waals surface area contributed by atoms with Crippen LogP contribution >= 0.6 is 0 Å². The highest BCUT2D eigenvalue weighted by Gasteiger charge is 2.32. The normalized spacial score (nSPS) is 25.3. The van der Waals surface area contributed by atoms with E-state index in [0.717, 1.165) is 45.2 Å². The van der Waals surface area contributed by atoms with Crippen molar-refractivity contribution < 1.29 is 9.59 Å². The molecule has 1 unspecified atom stereocenters. The van der Waals surface area contributed by atoms with Gasteiger partial charge in [0, 0.05) is 13.0 Å². The minimum absolute atomic E-state index is 0.106. The third kappa shape index (κ3) is 3.22. The third-order valence-corrected chi connectivity index (χ3v) is 4.13. The molecule has 2 rings (SSSR count). The van der Waals surface area contributed by atoms with Gasteiger partial charge in [0.15, 0.2) is 0 Å². The molecule has 2 amide bonds. The van der Waals surface area contributed by atoms with E-state index < -0.39 is 0 Å². The maximum absolute atomic E-state index is 12.1. The van der Waals surface area contributed by atoms with Crippen LogP contribution in [0, 0.1) is 5.92 Å². The van der Waals surface area contributed by atoms with Crippen molar-refractivity contribution >= 4 is 11.8 Å². The minimum atomic E-state index is -0.359. The van der Waals surface area contributed by atoms with Crippen LogP contribution in [0.15, 0.2) is 0 Å². The minimum Gasteiger partial charge on any atom is -0.368 e. The summed E-state index contributed by atoms with van der Waals surface area (Å²) in [6.07, 6.45) is 5.46. The van der Waals surface area contributed by atoms with E-state index in [1.54, 1.807) is 4.90 Å². The molecule has 0 saturated carbocycles. The Hall–Kier alpha value is -1.10. The lowest BCUT2D eigenvalue weighted by molar-refractivity contribution is -0.137. The molecule has 2 saturated heterocycles. The highest BCUT2D eigenvalue weighted by Crippen LogP contribution is 2.22. The Balaban J connectivity index is 1.78. The van der Waals surface area contributed by atoms with Crippen LogP contribution in [0.3, 0.4) is 0 Å². The van der Waals surface area contributed by atoms with Gasteiger partial charge in [-0.15, -0.1) is 0 Å². The van der Waals surface area contributed by atoms with Crippen LogP contribution in [0.5, 0.6) is 0 Å². The second-order valence-corrected chi connectivity index (χ2v) is 5.38.